The molecule has 182 valence electrons. The van der Waals surface area contributed by atoms with Crippen molar-refractivity contribution in [1.29, 1.82) is 5.41 Å². The zero-order valence-corrected chi connectivity index (χ0v) is 20.0. The fourth-order valence-electron chi connectivity index (χ4n) is 4.15. The molecule has 1 aliphatic rings. The molecule has 2 amide bonds. The zero-order valence-electron chi connectivity index (χ0n) is 19.1. The number of aliphatic carboxylic acids is 1. The van der Waals surface area contributed by atoms with Crippen LogP contribution in [0, 0.1) is 5.41 Å². The number of nitrogen functional groups attached to an aromatic ring is 1. The van der Waals surface area contributed by atoms with E-state index in [9.17, 15) is 19.5 Å². The molecule has 2 heterocycles. The molecule has 3 aromatic rings. The Bertz CT molecular complexity index is 1240. The standard InChI is InChI=1S/C25H26N4O5S/c1-2-11-28-21(34-17-9-7-15(8-10-17)23(26)27)14-29(25(33)24(28)32)18(13-22(30)31)20-12-16-5-3-4-6-19(16)35-20/h3-10,12,18,21H,2,11,13-14H2,1H3,(H3,26,27)(H,30,31). The molecule has 1 fully saturated rings. The van der Waals surface area contributed by atoms with E-state index in [0.29, 0.717) is 29.2 Å². The average Bonchev–Trinajstić information content (AvgIpc) is 3.26. The van der Waals surface area contributed by atoms with Crippen molar-refractivity contribution in [2.24, 2.45) is 5.73 Å². The summed E-state index contributed by atoms with van der Waals surface area (Å²) < 4.78 is 7.08. The molecule has 2 atom stereocenters. The van der Waals surface area contributed by atoms with Crippen molar-refractivity contribution in [3.8, 4) is 5.75 Å². The zero-order chi connectivity index (χ0) is 25.1. The van der Waals surface area contributed by atoms with Crippen LogP contribution < -0.4 is 10.5 Å². The molecule has 0 radical (unpaired) electrons. The molecular formula is C25H26N4O5S. The number of benzene rings is 2. The molecule has 4 rings (SSSR count). The maximum atomic E-state index is 13.2. The lowest BCUT2D eigenvalue weighted by molar-refractivity contribution is -0.169. The van der Waals surface area contributed by atoms with Crippen molar-refractivity contribution in [3.05, 3.63) is 65.0 Å². The molecule has 2 aromatic carbocycles. The maximum absolute atomic E-state index is 13.2. The van der Waals surface area contributed by atoms with Gasteiger partial charge in [0.25, 0.3) is 0 Å². The van der Waals surface area contributed by atoms with Gasteiger partial charge in [0.1, 0.15) is 11.6 Å². The third-order valence-electron chi connectivity index (χ3n) is 5.82. The number of hydrogen-bond donors (Lipinski definition) is 3. The number of amides is 2. The van der Waals surface area contributed by atoms with E-state index in [1.165, 1.54) is 21.1 Å². The number of nitrogens with zero attached hydrogens (tertiary/aromatic N) is 2. The smallest absolute Gasteiger partial charge is 0.315 e. The Labute approximate surface area is 206 Å². The van der Waals surface area contributed by atoms with Crippen LogP contribution in [-0.4, -0.2) is 57.8 Å². The number of fused-ring (bicyclic) bond motifs is 1. The number of carbonyl (C=O) groups excluding carboxylic acids is 2. The Morgan fingerprint density at radius 2 is 1.91 bits per heavy atom. The van der Waals surface area contributed by atoms with Crippen molar-refractivity contribution in [3.63, 3.8) is 0 Å². The number of nitrogens with two attached hydrogens (primary N) is 1. The SMILES string of the molecule is CCCN1C(=O)C(=O)N(C(CC(=O)O)c2cc3ccccc3s2)CC1Oc1ccc(C(=N)N)cc1. The summed E-state index contributed by atoms with van der Waals surface area (Å²) in [5.74, 6) is -2.16. The first-order valence-electron chi connectivity index (χ1n) is 11.2. The van der Waals surface area contributed by atoms with E-state index in [-0.39, 0.29) is 18.8 Å². The predicted molar refractivity (Wildman–Crippen MR) is 132 cm³/mol. The van der Waals surface area contributed by atoms with Crippen molar-refractivity contribution in [2.75, 3.05) is 13.1 Å². The lowest BCUT2D eigenvalue weighted by atomic mass is 10.1. The van der Waals surface area contributed by atoms with Crippen molar-refractivity contribution >= 4 is 45.0 Å². The third-order valence-corrected chi connectivity index (χ3v) is 7.04. The summed E-state index contributed by atoms with van der Waals surface area (Å²) >= 11 is 1.41. The van der Waals surface area contributed by atoms with Crippen LogP contribution in [0.25, 0.3) is 10.1 Å². The molecule has 4 N–H and O–H groups in total. The molecule has 1 aromatic heterocycles. The number of ether oxygens (including phenoxy) is 1. The lowest BCUT2D eigenvalue weighted by Gasteiger charge is -2.42. The predicted octanol–water partition coefficient (Wildman–Crippen LogP) is 3.19. The summed E-state index contributed by atoms with van der Waals surface area (Å²) in [6.07, 6.45) is -0.509. The Hall–Kier alpha value is -3.92. The Morgan fingerprint density at radius 3 is 2.54 bits per heavy atom. The highest BCUT2D eigenvalue weighted by Crippen LogP contribution is 2.36. The van der Waals surface area contributed by atoms with Crippen LogP contribution in [0.4, 0.5) is 0 Å². The number of piperazine rings is 1. The van der Waals surface area contributed by atoms with Crippen LogP contribution in [-0.2, 0) is 14.4 Å². The van der Waals surface area contributed by atoms with Crippen LogP contribution in [0.5, 0.6) is 5.75 Å². The fraction of sp³-hybridized carbons (Fsp3) is 0.280. The summed E-state index contributed by atoms with van der Waals surface area (Å²) in [5, 5.41) is 18.1. The van der Waals surface area contributed by atoms with Gasteiger partial charge in [-0.25, -0.2) is 0 Å². The Morgan fingerprint density at radius 1 is 1.20 bits per heavy atom. The minimum Gasteiger partial charge on any atom is -0.481 e. The van der Waals surface area contributed by atoms with Gasteiger partial charge in [-0.05, 0) is 48.2 Å². The molecule has 1 saturated heterocycles. The van der Waals surface area contributed by atoms with Crippen molar-refractivity contribution in [1.82, 2.24) is 9.80 Å². The number of carbonyl (C=O) groups is 3. The number of nitrogens with one attached hydrogen (secondary N) is 1. The lowest BCUT2D eigenvalue weighted by Crippen LogP contribution is -2.62. The normalized spacial score (nSPS) is 17.0. The first-order valence-corrected chi connectivity index (χ1v) is 12.0. The van der Waals surface area contributed by atoms with E-state index in [0.717, 1.165) is 10.1 Å². The highest BCUT2D eigenvalue weighted by Gasteiger charge is 2.44. The van der Waals surface area contributed by atoms with Crippen molar-refractivity contribution in [2.45, 2.75) is 32.0 Å². The van der Waals surface area contributed by atoms with Crippen molar-refractivity contribution < 1.29 is 24.2 Å². The summed E-state index contributed by atoms with van der Waals surface area (Å²) in [5.41, 5.74) is 6.05. The maximum Gasteiger partial charge on any atom is 0.315 e. The second kappa shape index (κ2) is 10.1. The van der Waals surface area contributed by atoms with Crippen LogP contribution in [0.1, 0.15) is 36.2 Å². The van der Waals surface area contributed by atoms with Gasteiger partial charge in [0, 0.05) is 21.7 Å². The van der Waals surface area contributed by atoms with Gasteiger partial charge in [0.15, 0.2) is 6.23 Å². The van der Waals surface area contributed by atoms with Gasteiger partial charge in [0.2, 0.25) is 0 Å². The van der Waals surface area contributed by atoms with Gasteiger partial charge in [-0.3, -0.25) is 24.7 Å². The molecule has 0 saturated carbocycles. The number of hydrogen-bond acceptors (Lipinski definition) is 6. The van der Waals surface area contributed by atoms with E-state index in [2.05, 4.69) is 0 Å². The second-order valence-corrected chi connectivity index (χ2v) is 9.38. The average molecular weight is 495 g/mol. The van der Waals surface area contributed by atoms with E-state index >= 15 is 0 Å². The Kier molecular flexibility index (Phi) is 7.02. The van der Waals surface area contributed by atoms with Gasteiger partial charge >= 0.3 is 17.8 Å². The van der Waals surface area contributed by atoms with E-state index in [1.807, 2.05) is 37.3 Å². The number of carboxylic acids is 1. The molecule has 35 heavy (non-hydrogen) atoms. The summed E-state index contributed by atoms with van der Waals surface area (Å²) in [7, 11) is 0. The summed E-state index contributed by atoms with van der Waals surface area (Å²) in [4.78, 5) is 41.5. The van der Waals surface area contributed by atoms with Gasteiger partial charge < -0.3 is 20.5 Å². The van der Waals surface area contributed by atoms with Gasteiger partial charge in [-0.2, -0.15) is 0 Å². The molecule has 0 spiro atoms. The summed E-state index contributed by atoms with van der Waals surface area (Å²) in [6, 6.07) is 15.3. The molecule has 10 heteroatoms. The minimum atomic E-state index is -1.07. The first kappa shape index (κ1) is 24.2. The van der Waals surface area contributed by atoms with E-state index in [1.54, 1.807) is 24.3 Å². The van der Waals surface area contributed by atoms with Gasteiger partial charge in [-0.15, -0.1) is 11.3 Å². The molecule has 2 unspecified atom stereocenters. The number of rotatable bonds is 9. The van der Waals surface area contributed by atoms with Gasteiger partial charge in [0.05, 0.1) is 19.0 Å². The van der Waals surface area contributed by atoms with Crippen LogP contribution in [0.3, 0.4) is 0 Å². The number of amidine groups is 1. The topological polar surface area (TPSA) is 137 Å². The quantitative estimate of drug-likeness (QED) is 0.237. The van der Waals surface area contributed by atoms with Crippen LogP contribution in [0.2, 0.25) is 0 Å². The third kappa shape index (κ3) is 5.12. The number of thiophene rings is 1. The van der Waals surface area contributed by atoms with E-state index < -0.39 is 30.1 Å². The highest BCUT2D eigenvalue weighted by molar-refractivity contribution is 7.19. The number of carboxylic acid groups (broad SMARTS) is 1. The Balaban J connectivity index is 1.67. The minimum absolute atomic E-state index is 0.0191. The van der Waals surface area contributed by atoms with Crippen LogP contribution >= 0.6 is 11.3 Å². The van der Waals surface area contributed by atoms with Crippen LogP contribution in [0.15, 0.2) is 54.6 Å². The van der Waals surface area contributed by atoms with Gasteiger partial charge in [-0.1, -0.05) is 25.1 Å². The largest absolute Gasteiger partial charge is 0.481 e. The van der Waals surface area contributed by atoms with E-state index in [4.69, 9.17) is 15.9 Å². The molecular weight excluding hydrogens is 468 g/mol. The fourth-order valence-corrected chi connectivity index (χ4v) is 5.33. The summed E-state index contributed by atoms with van der Waals surface area (Å²) in [6.45, 7) is 2.24. The monoisotopic (exact) mass is 494 g/mol. The highest BCUT2D eigenvalue weighted by atomic mass is 32.1. The first-order chi connectivity index (χ1) is 16.8. The molecule has 0 bridgehead atoms. The second-order valence-electron chi connectivity index (χ2n) is 8.27. The molecule has 1 aliphatic heterocycles. The molecule has 9 nitrogen and oxygen atoms in total. The molecule has 0 aliphatic carbocycles.